The molecule has 0 aliphatic carbocycles. The van der Waals surface area contributed by atoms with Crippen molar-refractivity contribution in [1.29, 1.82) is 0 Å². The molecular weight excluding hydrogens is 178 g/mol. The van der Waals surface area contributed by atoms with E-state index in [1.807, 2.05) is 6.07 Å². The van der Waals surface area contributed by atoms with E-state index in [0.717, 1.165) is 10.6 Å². The van der Waals surface area contributed by atoms with Crippen LogP contribution >= 0.6 is 24.2 Å². The number of nitrogens with one attached hydrogen (secondary N) is 2. The molecule has 0 radical (unpaired) electrons. The molecule has 0 bridgehead atoms. The summed E-state index contributed by atoms with van der Waals surface area (Å²) in [4.78, 5) is 5.05. The van der Waals surface area contributed by atoms with Gasteiger partial charge in [0.25, 0.3) is 0 Å². The van der Waals surface area contributed by atoms with E-state index in [2.05, 4.69) is 15.0 Å². The molecule has 2 rings (SSSR count). The molecule has 1 aromatic heterocycles. The third kappa shape index (κ3) is 1.29. The SMILES string of the molecule is S=C1NSc2cnccc2N1. The van der Waals surface area contributed by atoms with Crippen molar-refractivity contribution in [3.8, 4) is 0 Å². The van der Waals surface area contributed by atoms with E-state index in [4.69, 9.17) is 12.2 Å². The third-order valence-electron chi connectivity index (χ3n) is 1.29. The smallest absolute Gasteiger partial charge is 0.181 e. The van der Waals surface area contributed by atoms with Crippen molar-refractivity contribution in [2.24, 2.45) is 0 Å². The van der Waals surface area contributed by atoms with E-state index < -0.39 is 0 Å². The number of nitrogens with zero attached hydrogens (tertiary/aromatic N) is 1. The van der Waals surface area contributed by atoms with Crippen molar-refractivity contribution >= 4 is 35.0 Å². The Morgan fingerprint density at radius 3 is 3.36 bits per heavy atom. The molecule has 0 spiro atoms. The number of hydrogen-bond donors (Lipinski definition) is 2. The maximum Gasteiger partial charge on any atom is 0.181 e. The summed E-state index contributed by atoms with van der Waals surface area (Å²) in [6, 6.07) is 1.90. The zero-order valence-electron chi connectivity index (χ0n) is 5.50. The zero-order chi connectivity index (χ0) is 7.68. The molecule has 1 aliphatic heterocycles. The van der Waals surface area contributed by atoms with Gasteiger partial charge < -0.3 is 10.0 Å². The van der Waals surface area contributed by atoms with Crippen LogP contribution in [0.3, 0.4) is 0 Å². The summed E-state index contributed by atoms with van der Waals surface area (Å²) in [5, 5.41) is 3.67. The fourth-order valence-electron chi connectivity index (χ4n) is 0.814. The summed E-state index contributed by atoms with van der Waals surface area (Å²) in [5.41, 5.74) is 1.02. The van der Waals surface area contributed by atoms with Crippen LogP contribution in [-0.2, 0) is 0 Å². The third-order valence-corrected chi connectivity index (χ3v) is 2.47. The fourth-order valence-corrected chi connectivity index (χ4v) is 1.64. The van der Waals surface area contributed by atoms with E-state index >= 15 is 0 Å². The number of fused-ring (bicyclic) bond motifs is 1. The first kappa shape index (κ1) is 6.87. The van der Waals surface area contributed by atoms with E-state index in [0.29, 0.717) is 5.11 Å². The molecule has 11 heavy (non-hydrogen) atoms. The maximum absolute atomic E-state index is 4.92. The molecule has 1 aliphatic rings. The maximum atomic E-state index is 4.92. The van der Waals surface area contributed by atoms with Gasteiger partial charge in [0.1, 0.15) is 0 Å². The second kappa shape index (κ2) is 2.67. The van der Waals surface area contributed by atoms with Gasteiger partial charge in [-0.15, -0.1) is 0 Å². The van der Waals surface area contributed by atoms with Crippen LogP contribution in [0, 0.1) is 0 Å². The van der Waals surface area contributed by atoms with Gasteiger partial charge in [0, 0.05) is 12.4 Å². The molecule has 0 saturated heterocycles. The van der Waals surface area contributed by atoms with Gasteiger partial charge in [0.15, 0.2) is 5.11 Å². The van der Waals surface area contributed by atoms with E-state index in [1.165, 1.54) is 11.9 Å². The average Bonchev–Trinajstić information content (AvgIpc) is 2.04. The van der Waals surface area contributed by atoms with Crippen LogP contribution < -0.4 is 10.0 Å². The van der Waals surface area contributed by atoms with Crippen molar-refractivity contribution in [3.63, 3.8) is 0 Å². The first-order valence-corrected chi connectivity index (χ1v) is 4.26. The molecule has 0 fully saturated rings. The molecule has 0 unspecified atom stereocenters. The predicted octanol–water partition coefficient (Wildman–Crippen LogP) is 1.39. The van der Waals surface area contributed by atoms with Gasteiger partial charge in [-0.25, -0.2) is 0 Å². The normalized spacial score (nSPS) is 14.7. The van der Waals surface area contributed by atoms with Gasteiger partial charge >= 0.3 is 0 Å². The molecule has 0 amide bonds. The van der Waals surface area contributed by atoms with E-state index in [9.17, 15) is 0 Å². The molecule has 56 valence electrons. The first-order valence-electron chi connectivity index (χ1n) is 3.04. The Morgan fingerprint density at radius 2 is 2.45 bits per heavy atom. The quantitative estimate of drug-likeness (QED) is 0.469. The molecule has 0 atom stereocenters. The van der Waals surface area contributed by atoms with Crippen LogP contribution in [0.2, 0.25) is 0 Å². The van der Waals surface area contributed by atoms with Gasteiger partial charge in [0.05, 0.1) is 10.6 Å². The lowest BCUT2D eigenvalue weighted by atomic mass is 10.4. The minimum atomic E-state index is 0.647. The molecule has 1 aromatic rings. The second-order valence-electron chi connectivity index (χ2n) is 2.03. The minimum Gasteiger partial charge on any atom is -0.331 e. The summed E-state index contributed by atoms with van der Waals surface area (Å²) >= 11 is 6.40. The molecule has 0 saturated carbocycles. The molecule has 2 heterocycles. The summed E-state index contributed by atoms with van der Waals surface area (Å²) in [7, 11) is 0. The van der Waals surface area contributed by atoms with Gasteiger partial charge in [-0.2, -0.15) is 0 Å². The summed E-state index contributed by atoms with van der Waals surface area (Å²) in [6.07, 6.45) is 3.53. The number of pyridine rings is 1. The van der Waals surface area contributed by atoms with Crippen LogP contribution in [0.25, 0.3) is 0 Å². The van der Waals surface area contributed by atoms with Crippen LogP contribution in [0.15, 0.2) is 23.4 Å². The fraction of sp³-hybridized carbons (Fsp3) is 0. The molecule has 0 aromatic carbocycles. The molecule has 5 heteroatoms. The van der Waals surface area contributed by atoms with Gasteiger partial charge in [-0.3, -0.25) is 4.98 Å². The highest BCUT2D eigenvalue weighted by molar-refractivity contribution is 7.99. The van der Waals surface area contributed by atoms with Crippen LogP contribution in [0.5, 0.6) is 0 Å². The summed E-state index contributed by atoms with van der Waals surface area (Å²) in [5.74, 6) is 0. The largest absolute Gasteiger partial charge is 0.331 e. The Morgan fingerprint density at radius 1 is 1.55 bits per heavy atom. The number of hydrogen-bond acceptors (Lipinski definition) is 3. The van der Waals surface area contributed by atoms with Gasteiger partial charge in [-0.05, 0) is 30.2 Å². The number of aromatic nitrogens is 1. The van der Waals surface area contributed by atoms with Crippen molar-refractivity contribution in [2.75, 3.05) is 5.32 Å². The van der Waals surface area contributed by atoms with Crippen molar-refractivity contribution in [2.45, 2.75) is 4.90 Å². The van der Waals surface area contributed by atoms with Crippen LogP contribution in [-0.4, -0.2) is 10.1 Å². The summed E-state index contributed by atoms with van der Waals surface area (Å²) < 4.78 is 2.94. The lowest BCUT2D eigenvalue weighted by Gasteiger charge is -2.17. The van der Waals surface area contributed by atoms with Crippen molar-refractivity contribution in [3.05, 3.63) is 18.5 Å². The van der Waals surface area contributed by atoms with Crippen LogP contribution in [0.4, 0.5) is 5.69 Å². The standard InChI is InChI=1S/C6H5N3S2/c10-6-8-4-1-2-7-3-5(4)11-9-6/h1-3H,(H2,8,9,10). The number of thiocarbonyl (C=S) groups is 1. The van der Waals surface area contributed by atoms with Crippen molar-refractivity contribution in [1.82, 2.24) is 9.71 Å². The highest BCUT2D eigenvalue weighted by Gasteiger charge is 2.10. The van der Waals surface area contributed by atoms with Gasteiger partial charge in [-0.1, -0.05) is 0 Å². The molecular formula is C6H5N3S2. The highest BCUT2D eigenvalue weighted by Crippen LogP contribution is 2.26. The second-order valence-corrected chi connectivity index (χ2v) is 3.29. The van der Waals surface area contributed by atoms with Crippen LogP contribution in [0.1, 0.15) is 0 Å². The monoisotopic (exact) mass is 183 g/mol. The van der Waals surface area contributed by atoms with E-state index in [1.54, 1.807) is 12.4 Å². The number of rotatable bonds is 0. The van der Waals surface area contributed by atoms with Gasteiger partial charge in [0.2, 0.25) is 0 Å². The van der Waals surface area contributed by atoms with Crippen molar-refractivity contribution < 1.29 is 0 Å². The molecule has 2 N–H and O–H groups in total. The zero-order valence-corrected chi connectivity index (χ0v) is 7.13. The van der Waals surface area contributed by atoms with E-state index in [-0.39, 0.29) is 0 Å². The Kier molecular flexibility index (Phi) is 1.67. The topological polar surface area (TPSA) is 37.0 Å². The minimum absolute atomic E-state index is 0.647. The Bertz CT molecular complexity index is 300. The lowest BCUT2D eigenvalue weighted by molar-refractivity contribution is 1.22. The molecule has 3 nitrogen and oxygen atoms in total. The predicted molar refractivity (Wildman–Crippen MR) is 49.5 cm³/mol. The lowest BCUT2D eigenvalue weighted by Crippen LogP contribution is -2.26. The highest BCUT2D eigenvalue weighted by atomic mass is 32.2. The Balaban J connectivity index is 2.41. The summed E-state index contributed by atoms with van der Waals surface area (Å²) in [6.45, 7) is 0. The Hall–Kier alpha value is -0.810. The average molecular weight is 183 g/mol. The first-order chi connectivity index (χ1) is 5.36. The Labute approximate surface area is 73.7 Å². The number of anilines is 1.